The number of para-hydroxylation sites is 2. The minimum atomic E-state index is 0.594. The molecule has 19 heavy (non-hydrogen) atoms. The smallest absolute Gasteiger partial charge is 0.114 e. The standard InChI is InChI=1S/C16H23N3/c1-12(2)10-19-9-8-13(11-19)16-17-14-6-4-5-7-15(14)18(16)3/h4-7,12-13H,8-11H2,1-3H3. The van der Waals surface area contributed by atoms with Crippen LogP contribution in [0, 0.1) is 5.92 Å². The van der Waals surface area contributed by atoms with Gasteiger partial charge in [0, 0.05) is 26.1 Å². The van der Waals surface area contributed by atoms with Crippen molar-refractivity contribution in [3.05, 3.63) is 30.1 Å². The maximum absolute atomic E-state index is 4.84. The number of benzene rings is 1. The van der Waals surface area contributed by atoms with Gasteiger partial charge >= 0.3 is 0 Å². The molecule has 1 aromatic heterocycles. The van der Waals surface area contributed by atoms with E-state index in [1.54, 1.807) is 0 Å². The molecule has 2 aromatic rings. The first-order valence-electron chi connectivity index (χ1n) is 7.29. The number of rotatable bonds is 3. The predicted molar refractivity (Wildman–Crippen MR) is 79.4 cm³/mol. The van der Waals surface area contributed by atoms with Crippen LogP contribution in [0.25, 0.3) is 11.0 Å². The number of likely N-dealkylation sites (tertiary alicyclic amines) is 1. The van der Waals surface area contributed by atoms with E-state index in [0.717, 1.165) is 18.0 Å². The van der Waals surface area contributed by atoms with Gasteiger partial charge in [-0.1, -0.05) is 26.0 Å². The Kier molecular flexibility index (Phi) is 3.31. The fourth-order valence-electron chi connectivity index (χ4n) is 3.25. The number of hydrogen-bond acceptors (Lipinski definition) is 2. The summed E-state index contributed by atoms with van der Waals surface area (Å²) in [4.78, 5) is 7.42. The van der Waals surface area contributed by atoms with E-state index in [2.05, 4.69) is 54.6 Å². The van der Waals surface area contributed by atoms with Crippen molar-refractivity contribution < 1.29 is 0 Å². The molecule has 0 N–H and O–H groups in total. The molecule has 1 aliphatic rings. The molecule has 0 aliphatic carbocycles. The molecule has 102 valence electrons. The average molecular weight is 257 g/mol. The van der Waals surface area contributed by atoms with Crippen LogP contribution in [-0.2, 0) is 7.05 Å². The lowest BCUT2D eigenvalue weighted by atomic mass is 10.1. The van der Waals surface area contributed by atoms with Crippen molar-refractivity contribution in [2.24, 2.45) is 13.0 Å². The summed E-state index contributed by atoms with van der Waals surface area (Å²) in [5, 5.41) is 0. The lowest BCUT2D eigenvalue weighted by Crippen LogP contribution is -2.25. The van der Waals surface area contributed by atoms with E-state index in [1.165, 1.54) is 30.9 Å². The van der Waals surface area contributed by atoms with Gasteiger partial charge in [-0.2, -0.15) is 0 Å². The fourth-order valence-corrected chi connectivity index (χ4v) is 3.25. The lowest BCUT2D eigenvalue weighted by Gasteiger charge is -2.18. The van der Waals surface area contributed by atoms with E-state index in [1.807, 2.05) is 0 Å². The largest absolute Gasteiger partial charge is 0.331 e. The van der Waals surface area contributed by atoms with Gasteiger partial charge in [-0.15, -0.1) is 0 Å². The molecule has 2 heterocycles. The van der Waals surface area contributed by atoms with E-state index in [-0.39, 0.29) is 0 Å². The number of nitrogens with zero attached hydrogens (tertiary/aromatic N) is 3. The van der Waals surface area contributed by atoms with E-state index in [0.29, 0.717) is 5.92 Å². The number of imidazole rings is 1. The third kappa shape index (κ3) is 2.39. The second-order valence-electron chi connectivity index (χ2n) is 6.16. The molecule has 3 rings (SSSR count). The van der Waals surface area contributed by atoms with Crippen molar-refractivity contribution in [2.75, 3.05) is 19.6 Å². The van der Waals surface area contributed by atoms with Gasteiger partial charge in [-0.05, 0) is 31.0 Å². The van der Waals surface area contributed by atoms with Crippen LogP contribution in [-0.4, -0.2) is 34.1 Å². The van der Waals surface area contributed by atoms with Crippen LogP contribution in [0.2, 0.25) is 0 Å². The van der Waals surface area contributed by atoms with Crippen LogP contribution in [0.1, 0.15) is 32.0 Å². The highest BCUT2D eigenvalue weighted by Crippen LogP contribution is 2.29. The monoisotopic (exact) mass is 257 g/mol. The van der Waals surface area contributed by atoms with Gasteiger partial charge in [-0.25, -0.2) is 4.98 Å². The number of fused-ring (bicyclic) bond motifs is 1. The summed E-state index contributed by atoms with van der Waals surface area (Å²) in [5.41, 5.74) is 2.38. The first-order valence-corrected chi connectivity index (χ1v) is 7.29. The topological polar surface area (TPSA) is 21.1 Å². The molecule has 0 amide bonds. The SMILES string of the molecule is CC(C)CN1CCC(c2nc3ccccc3n2C)C1. The van der Waals surface area contributed by atoms with Crippen LogP contribution in [0.4, 0.5) is 0 Å². The molecular weight excluding hydrogens is 234 g/mol. The molecule has 1 aliphatic heterocycles. The van der Waals surface area contributed by atoms with Crippen LogP contribution >= 0.6 is 0 Å². The zero-order valence-corrected chi connectivity index (χ0v) is 12.1. The molecule has 1 fully saturated rings. The normalized spacial score (nSPS) is 20.7. The number of aromatic nitrogens is 2. The van der Waals surface area contributed by atoms with Crippen molar-refractivity contribution >= 4 is 11.0 Å². The molecule has 1 unspecified atom stereocenters. The zero-order valence-electron chi connectivity index (χ0n) is 12.1. The second-order valence-corrected chi connectivity index (χ2v) is 6.16. The summed E-state index contributed by atoms with van der Waals surface area (Å²) in [5.74, 6) is 2.60. The summed E-state index contributed by atoms with van der Waals surface area (Å²) in [6, 6.07) is 8.43. The third-order valence-corrected chi connectivity index (χ3v) is 4.08. The van der Waals surface area contributed by atoms with Crippen LogP contribution in [0.3, 0.4) is 0 Å². The Morgan fingerprint density at radius 3 is 2.84 bits per heavy atom. The Morgan fingerprint density at radius 2 is 2.11 bits per heavy atom. The number of aryl methyl sites for hydroxylation is 1. The van der Waals surface area contributed by atoms with Gasteiger partial charge in [0.05, 0.1) is 11.0 Å². The van der Waals surface area contributed by atoms with Gasteiger partial charge in [0.2, 0.25) is 0 Å². The molecule has 0 saturated carbocycles. The summed E-state index contributed by atoms with van der Waals surface area (Å²) >= 11 is 0. The quantitative estimate of drug-likeness (QED) is 0.843. The highest BCUT2D eigenvalue weighted by atomic mass is 15.2. The molecule has 3 heteroatoms. The summed E-state index contributed by atoms with van der Waals surface area (Å²) in [6.45, 7) is 8.17. The third-order valence-electron chi connectivity index (χ3n) is 4.08. The van der Waals surface area contributed by atoms with E-state index < -0.39 is 0 Å². The lowest BCUT2D eigenvalue weighted by molar-refractivity contribution is 0.294. The minimum absolute atomic E-state index is 0.594. The van der Waals surface area contributed by atoms with E-state index in [9.17, 15) is 0 Å². The van der Waals surface area contributed by atoms with E-state index >= 15 is 0 Å². The van der Waals surface area contributed by atoms with Gasteiger partial charge in [0.1, 0.15) is 5.82 Å². The molecular formula is C16H23N3. The molecule has 0 radical (unpaired) electrons. The Morgan fingerprint density at radius 1 is 1.32 bits per heavy atom. The molecule has 1 atom stereocenters. The first kappa shape index (κ1) is 12.7. The highest BCUT2D eigenvalue weighted by molar-refractivity contribution is 5.75. The Balaban J connectivity index is 1.83. The molecule has 0 bridgehead atoms. The van der Waals surface area contributed by atoms with Gasteiger partial charge in [0.15, 0.2) is 0 Å². The van der Waals surface area contributed by atoms with Crippen molar-refractivity contribution in [1.82, 2.24) is 14.5 Å². The second kappa shape index (κ2) is 4.97. The maximum Gasteiger partial charge on any atom is 0.114 e. The minimum Gasteiger partial charge on any atom is -0.331 e. The fraction of sp³-hybridized carbons (Fsp3) is 0.562. The average Bonchev–Trinajstić information content (AvgIpc) is 2.94. The van der Waals surface area contributed by atoms with Crippen molar-refractivity contribution in [3.63, 3.8) is 0 Å². The van der Waals surface area contributed by atoms with Gasteiger partial charge < -0.3 is 9.47 Å². The first-order chi connectivity index (χ1) is 9.15. The molecule has 0 spiro atoms. The van der Waals surface area contributed by atoms with Gasteiger partial charge in [-0.3, -0.25) is 0 Å². The van der Waals surface area contributed by atoms with E-state index in [4.69, 9.17) is 4.98 Å². The molecule has 1 aromatic carbocycles. The molecule has 3 nitrogen and oxygen atoms in total. The number of hydrogen-bond donors (Lipinski definition) is 0. The predicted octanol–water partition coefficient (Wildman–Crippen LogP) is 3.02. The van der Waals surface area contributed by atoms with Crippen LogP contribution in [0.15, 0.2) is 24.3 Å². The summed E-state index contributed by atoms with van der Waals surface area (Å²) < 4.78 is 2.28. The Bertz CT molecular complexity index is 570. The maximum atomic E-state index is 4.84. The Hall–Kier alpha value is -1.35. The van der Waals surface area contributed by atoms with Crippen LogP contribution < -0.4 is 0 Å². The van der Waals surface area contributed by atoms with Crippen molar-refractivity contribution in [2.45, 2.75) is 26.2 Å². The zero-order chi connectivity index (χ0) is 13.4. The summed E-state index contributed by atoms with van der Waals surface area (Å²) in [7, 11) is 2.15. The summed E-state index contributed by atoms with van der Waals surface area (Å²) in [6.07, 6.45) is 1.24. The van der Waals surface area contributed by atoms with Crippen LogP contribution in [0.5, 0.6) is 0 Å². The Labute approximate surface area is 115 Å². The van der Waals surface area contributed by atoms with Gasteiger partial charge in [0.25, 0.3) is 0 Å². The highest BCUT2D eigenvalue weighted by Gasteiger charge is 2.27. The van der Waals surface area contributed by atoms with Crippen molar-refractivity contribution in [1.29, 1.82) is 0 Å². The van der Waals surface area contributed by atoms with Crippen molar-refractivity contribution in [3.8, 4) is 0 Å². The molecule has 1 saturated heterocycles.